The predicted molar refractivity (Wildman–Crippen MR) is 117 cm³/mol. The number of carbonyl (C=O) groups is 4. The fourth-order valence-corrected chi connectivity index (χ4v) is 4.09. The maximum atomic E-state index is 13.3. The molecule has 1 fully saturated rings. The fourth-order valence-electron chi connectivity index (χ4n) is 4.09. The number of aryl methyl sites for hydroxylation is 1. The van der Waals surface area contributed by atoms with Crippen molar-refractivity contribution in [3.8, 4) is 0 Å². The summed E-state index contributed by atoms with van der Waals surface area (Å²) < 4.78 is 0. The molecule has 8 nitrogen and oxygen atoms in total. The zero-order valence-electron chi connectivity index (χ0n) is 17.7. The molecule has 0 radical (unpaired) electrons. The summed E-state index contributed by atoms with van der Waals surface area (Å²) in [6, 6.07) is 12.7. The number of hydrogen-bond acceptors (Lipinski definition) is 4. The van der Waals surface area contributed by atoms with E-state index >= 15 is 0 Å². The number of imide groups is 1. The third-order valence-electron chi connectivity index (χ3n) is 5.68. The van der Waals surface area contributed by atoms with Crippen molar-refractivity contribution >= 4 is 40.8 Å². The van der Waals surface area contributed by atoms with E-state index in [-0.39, 0.29) is 12.3 Å². The van der Waals surface area contributed by atoms with E-state index in [0.29, 0.717) is 17.1 Å². The van der Waals surface area contributed by atoms with Gasteiger partial charge in [0.15, 0.2) is 0 Å². The Morgan fingerprint density at radius 1 is 1.03 bits per heavy atom. The molecule has 2 aromatic rings. The number of urea groups is 1. The van der Waals surface area contributed by atoms with Gasteiger partial charge < -0.3 is 10.2 Å². The van der Waals surface area contributed by atoms with Crippen molar-refractivity contribution in [2.45, 2.75) is 39.3 Å². The summed E-state index contributed by atoms with van der Waals surface area (Å²) in [5, 5.41) is 2.80. The lowest BCUT2D eigenvalue weighted by Gasteiger charge is -2.29. The largest absolute Gasteiger partial charge is 0.332 e. The minimum atomic E-state index is -0.708. The third-order valence-corrected chi connectivity index (χ3v) is 5.68. The molecule has 4 rings (SSSR count). The highest BCUT2D eigenvalue weighted by atomic mass is 16.2. The number of hydrogen-bond donors (Lipinski definition) is 1. The summed E-state index contributed by atoms with van der Waals surface area (Å²) in [5.41, 5.74) is 2.72. The Bertz CT molecular complexity index is 1070. The number of carbonyl (C=O) groups excluding carboxylic acids is 4. The zero-order valence-corrected chi connectivity index (χ0v) is 17.7. The average molecular weight is 420 g/mol. The Morgan fingerprint density at radius 2 is 1.71 bits per heavy atom. The first-order valence-electron chi connectivity index (χ1n) is 10.2. The number of amides is 5. The van der Waals surface area contributed by atoms with Crippen LogP contribution < -0.4 is 15.1 Å². The van der Waals surface area contributed by atoms with Gasteiger partial charge in [-0.2, -0.15) is 0 Å². The van der Waals surface area contributed by atoms with E-state index in [1.54, 1.807) is 50.2 Å². The highest BCUT2D eigenvalue weighted by Crippen LogP contribution is 2.32. The summed E-state index contributed by atoms with van der Waals surface area (Å²) in [7, 11) is 0. The van der Waals surface area contributed by atoms with Crippen LogP contribution in [0.1, 0.15) is 25.8 Å². The Labute approximate surface area is 180 Å². The van der Waals surface area contributed by atoms with Crippen molar-refractivity contribution in [1.29, 1.82) is 0 Å². The molecule has 2 aliphatic rings. The SMILES string of the molecule is Cc1ccc(N2C(=O)N(CC(=O)N3c4ccccc4NC(=O)C[C@H]3C)C(=O)[C@H]2C)cc1. The first-order valence-corrected chi connectivity index (χ1v) is 10.2. The molecular weight excluding hydrogens is 396 g/mol. The lowest BCUT2D eigenvalue weighted by atomic mass is 10.1. The number of benzene rings is 2. The molecule has 160 valence electrons. The number of rotatable bonds is 3. The van der Waals surface area contributed by atoms with E-state index in [9.17, 15) is 19.2 Å². The lowest BCUT2D eigenvalue weighted by molar-refractivity contribution is -0.131. The minimum absolute atomic E-state index is 0.119. The smallest absolute Gasteiger partial charge is 0.324 e. The summed E-state index contributed by atoms with van der Waals surface area (Å²) in [6.07, 6.45) is 0.119. The molecule has 2 heterocycles. The maximum absolute atomic E-state index is 13.3. The molecule has 1 saturated heterocycles. The molecule has 5 amide bonds. The van der Waals surface area contributed by atoms with Crippen LogP contribution in [0.3, 0.4) is 0 Å². The van der Waals surface area contributed by atoms with Gasteiger partial charge in [-0.3, -0.25) is 24.2 Å². The summed E-state index contributed by atoms with van der Waals surface area (Å²) in [6.45, 7) is 4.97. The van der Waals surface area contributed by atoms with Crippen LogP contribution in [0.5, 0.6) is 0 Å². The minimum Gasteiger partial charge on any atom is -0.324 e. The number of nitrogens with zero attached hydrogens (tertiary/aromatic N) is 3. The van der Waals surface area contributed by atoms with E-state index in [2.05, 4.69) is 5.32 Å². The van der Waals surface area contributed by atoms with Crippen LogP contribution in [0.2, 0.25) is 0 Å². The molecule has 0 unspecified atom stereocenters. The van der Waals surface area contributed by atoms with E-state index in [0.717, 1.165) is 10.5 Å². The van der Waals surface area contributed by atoms with E-state index in [4.69, 9.17) is 0 Å². The van der Waals surface area contributed by atoms with Crippen molar-refractivity contribution in [3.63, 3.8) is 0 Å². The molecule has 0 bridgehead atoms. The van der Waals surface area contributed by atoms with Gasteiger partial charge in [-0.15, -0.1) is 0 Å². The Morgan fingerprint density at radius 3 is 2.42 bits per heavy atom. The van der Waals surface area contributed by atoms with Gasteiger partial charge in [0, 0.05) is 18.2 Å². The van der Waals surface area contributed by atoms with Crippen molar-refractivity contribution in [2.24, 2.45) is 0 Å². The van der Waals surface area contributed by atoms with Crippen LogP contribution in [0.4, 0.5) is 21.9 Å². The zero-order chi connectivity index (χ0) is 22.3. The maximum Gasteiger partial charge on any atom is 0.332 e. The fraction of sp³-hybridized carbons (Fsp3) is 0.304. The van der Waals surface area contributed by atoms with Crippen LogP contribution in [0.15, 0.2) is 48.5 Å². The van der Waals surface area contributed by atoms with Gasteiger partial charge in [-0.05, 0) is 45.0 Å². The summed E-state index contributed by atoms with van der Waals surface area (Å²) >= 11 is 0. The number of fused-ring (bicyclic) bond motifs is 1. The second-order valence-corrected chi connectivity index (χ2v) is 7.97. The van der Waals surface area contributed by atoms with Crippen LogP contribution in [-0.4, -0.2) is 47.3 Å². The summed E-state index contributed by atoms with van der Waals surface area (Å²) in [5.74, 6) is -1.04. The molecule has 0 aromatic heterocycles. The van der Waals surface area contributed by atoms with Gasteiger partial charge >= 0.3 is 6.03 Å². The second-order valence-electron chi connectivity index (χ2n) is 7.97. The summed E-state index contributed by atoms with van der Waals surface area (Å²) in [4.78, 5) is 55.3. The standard InChI is InChI=1S/C23H24N4O4/c1-14-8-10-17(11-9-14)27-16(3)22(30)25(23(27)31)13-21(29)26-15(2)12-20(28)24-18-6-4-5-7-19(18)26/h4-11,15-16H,12-13H2,1-3H3,(H,24,28)/t15-,16-/m1/s1. The molecule has 2 aliphatic heterocycles. The molecule has 1 N–H and O–H groups in total. The molecule has 0 aliphatic carbocycles. The van der Waals surface area contributed by atoms with Crippen molar-refractivity contribution in [3.05, 3.63) is 54.1 Å². The Balaban J connectivity index is 1.61. The molecule has 31 heavy (non-hydrogen) atoms. The van der Waals surface area contributed by atoms with Crippen LogP contribution in [0.25, 0.3) is 0 Å². The third kappa shape index (κ3) is 3.65. The lowest BCUT2D eigenvalue weighted by Crippen LogP contribution is -2.47. The van der Waals surface area contributed by atoms with E-state index < -0.39 is 36.5 Å². The molecule has 0 saturated carbocycles. The highest BCUT2D eigenvalue weighted by Gasteiger charge is 2.45. The van der Waals surface area contributed by atoms with Gasteiger partial charge in [0.25, 0.3) is 5.91 Å². The number of anilines is 3. The monoisotopic (exact) mass is 420 g/mol. The van der Waals surface area contributed by atoms with Crippen molar-refractivity contribution in [2.75, 3.05) is 21.7 Å². The topological polar surface area (TPSA) is 90.0 Å². The Kier molecular flexibility index (Phi) is 5.22. The number of nitrogens with one attached hydrogen (secondary N) is 1. The van der Waals surface area contributed by atoms with Crippen LogP contribution in [0, 0.1) is 6.92 Å². The van der Waals surface area contributed by atoms with E-state index in [1.807, 2.05) is 19.1 Å². The molecule has 2 aromatic carbocycles. The second kappa shape index (κ2) is 7.86. The van der Waals surface area contributed by atoms with Crippen molar-refractivity contribution < 1.29 is 19.2 Å². The quantitative estimate of drug-likeness (QED) is 0.773. The molecule has 8 heteroatoms. The Hall–Kier alpha value is -3.68. The highest BCUT2D eigenvalue weighted by molar-refractivity contribution is 6.16. The van der Waals surface area contributed by atoms with Crippen LogP contribution >= 0.6 is 0 Å². The van der Waals surface area contributed by atoms with Gasteiger partial charge in [0.05, 0.1) is 11.4 Å². The van der Waals surface area contributed by atoms with Crippen molar-refractivity contribution in [1.82, 2.24) is 4.90 Å². The molecule has 0 spiro atoms. The number of para-hydroxylation sites is 2. The molecular formula is C23H24N4O4. The van der Waals surface area contributed by atoms with Crippen LogP contribution in [-0.2, 0) is 14.4 Å². The van der Waals surface area contributed by atoms with E-state index in [1.165, 1.54) is 9.80 Å². The van der Waals surface area contributed by atoms with Gasteiger partial charge in [0.1, 0.15) is 12.6 Å². The van der Waals surface area contributed by atoms with Gasteiger partial charge in [0.2, 0.25) is 11.8 Å². The molecule has 2 atom stereocenters. The predicted octanol–water partition coefficient (Wildman–Crippen LogP) is 2.92. The van der Waals surface area contributed by atoms with Gasteiger partial charge in [-0.25, -0.2) is 4.79 Å². The first-order chi connectivity index (χ1) is 14.8. The normalized spacial score (nSPS) is 21.1. The average Bonchev–Trinajstić information content (AvgIpc) is 2.85. The van der Waals surface area contributed by atoms with Gasteiger partial charge in [-0.1, -0.05) is 29.8 Å². The first kappa shape index (κ1) is 20.6.